The summed E-state index contributed by atoms with van der Waals surface area (Å²) >= 11 is 0. The Labute approximate surface area is 414 Å². The molecule has 0 aromatic heterocycles. The van der Waals surface area contributed by atoms with E-state index in [0.29, 0.717) is 11.1 Å². The van der Waals surface area contributed by atoms with E-state index in [1.165, 1.54) is 0 Å². The number of para-hydroxylation sites is 4. The Kier molecular flexibility index (Phi) is 10.8. The Morgan fingerprint density at radius 1 is 0.282 bits per heavy atom. The quantitative estimate of drug-likeness (QED) is 0.128. The van der Waals surface area contributed by atoms with Crippen LogP contribution in [0.4, 0.5) is 34.1 Å². The molecule has 4 nitrogen and oxygen atoms in total. The van der Waals surface area contributed by atoms with Gasteiger partial charge in [-0.1, -0.05) is 158 Å². The van der Waals surface area contributed by atoms with Crippen LogP contribution in [0.1, 0.15) is 55.6 Å². The normalized spacial score (nSPS) is 13.8. The zero-order valence-corrected chi connectivity index (χ0v) is 38.7. The lowest BCUT2D eigenvalue weighted by atomic mass is 9.69. The van der Waals surface area contributed by atoms with Crippen molar-refractivity contribution in [2.75, 3.05) is 9.80 Å². The van der Waals surface area contributed by atoms with Crippen molar-refractivity contribution in [1.82, 2.24) is 0 Å². The Morgan fingerprint density at radius 2 is 0.549 bits per heavy atom. The number of hydrogen-bond donors (Lipinski definition) is 0. The summed E-state index contributed by atoms with van der Waals surface area (Å²) in [5.41, 5.74) is 20.0. The first kappa shape index (κ1) is 42.6. The van der Waals surface area contributed by atoms with Gasteiger partial charge >= 0.3 is 0 Å². The summed E-state index contributed by atoms with van der Waals surface area (Å²) in [5, 5.41) is 20.7. The van der Waals surface area contributed by atoms with E-state index in [9.17, 15) is 10.5 Å². The predicted molar refractivity (Wildman–Crippen MR) is 292 cm³/mol. The Hall–Kier alpha value is -9.74. The fourth-order valence-corrected chi connectivity index (χ4v) is 10.7. The SMILES string of the molecule is N#Cc1ccc2c(c1)C1(c3cc(C#N)ccc3-c3ccc(/C=C/c4ccc(N(c5ccccc5)c5ccccc5)cc4)cc31)c1cc(/C=C\c3ccc(N(c4ccccc4)c4ccccc4)cc3)ccc1-2. The van der Waals surface area contributed by atoms with Gasteiger partial charge in [0.2, 0.25) is 0 Å². The fraction of sp³-hybridized carbons (Fsp3) is 0.0149. The van der Waals surface area contributed by atoms with Gasteiger partial charge in [0.1, 0.15) is 0 Å². The number of rotatable bonds is 10. The molecular formula is C67H44N4. The maximum absolute atomic E-state index is 10.3. The summed E-state index contributed by atoms with van der Waals surface area (Å²) in [6, 6.07) is 89.6. The molecule has 0 radical (unpaired) electrons. The molecule has 1 atom stereocenters. The summed E-state index contributed by atoms with van der Waals surface area (Å²) in [6.07, 6.45) is 8.71. The van der Waals surface area contributed by atoms with Gasteiger partial charge in [-0.25, -0.2) is 0 Å². The molecule has 0 saturated heterocycles. The highest BCUT2D eigenvalue weighted by Gasteiger charge is 2.52. The molecule has 2 aliphatic rings. The van der Waals surface area contributed by atoms with E-state index in [1.54, 1.807) is 0 Å². The molecule has 2 aliphatic carbocycles. The van der Waals surface area contributed by atoms with Gasteiger partial charge in [-0.2, -0.15) is 10.5 Å². The van der Waals surface area contributed by atoms with Crippen molar-refractivity contribution in [3.05, 3.63) is 298 Å². The van der Waals surface area contributed by atoms with Gasteiger partial charge in [-0.3, -0.25) is 0 Å². The van der Waals surface area contributed by atoms with Crippen molar-refractivity contribution in [1.29, 1.82) is 10.5 Å². The minimum Gasteiger partial charge on any atom is -0.311 e. The highest BCUT2D eigenvalue weighted by Crippen LogP contribution is 2.63. The van der Waals surface area contributed by atoms with E-state index >= 15 is 0 Å². The topological polar surface area (TPSA) is 54.1 Å². The molecule has 0 heterocycles. The van der Waals surface area contributed by atoms with Crippen molar-refractivity contribution < 1.29 is 0 Å². The fourth-order valence-electron chi connectivity index (χ4n) is 10.7. The minimum absolute atomic E-state index is 0.599. The Balaban J connectivity index is 0.925. The van der Waals surface area contributed by atoms with E-state index in [4.69, 9.17) is 0 Å². The number of hydrogen-bond acceptors (Lipinski definition) is 4. The zero-order valence-electron chi connectivity index (χ0n) is 38.7. The molecule has 332 valence electrons. The minimum atomic E-state index is -0.775. The molecule has 0 saturated carbocycles. The van der Waals surface area contributed by atoms with Crippen LogP contribution in [0.5, 0.6) is 0 Å². The Bertz CT molecular complexity index is 3420. The van der Waals surface area contributed by atoms with Crippen molar-refractivity contribution in [2.24, 2.45) is 0 Å². The number of nitrogens with zero attached hydrogens (tertiary/aromatic N) is 4. The van der Waals surface area contributed by atoms with Gasteiger partial charge in [0, 0.05) is 34.1 Å². The number of anilines is 6. The van der Waals surface area contributed by atoms with Crippen molar-refractivity contribution >= 4 is 58.4 Å². The van der Waals surface area contributed by atoms with Gasteiger partial charge in [-0.05, 0) is 176 Å². The molecule has 0 bridgehead atoms. The van der Waals surface area contributed by atoms with E-state index in [2.05, 4.69) is 252 Å². The highest BCUT2D eigenvalue weighted by atomic mass is 15.1. The van der Waals surface area contributed by atoms with Crippen molar-refractivity contribution in [3.8, 4) is 34.4 Å². The van der Waals surface area contributed by atoms with Crippen LogP contribution in [-0.2, 0) is 5.41 Å². The molecule has 1 unspecified atom stereocenters. The van der Waals surface area contributed by atoms with E-state index in [-0.39, 0.29) is 0 Å². The van der Waals surface area contributed by atoms with Crippen LogP contribution in [0.3, 0.4) is 0 Å². The lowest BCUT2D eigenvalue weighted by Crippen LogP contribution is -2.26. The van der Waals surface area contributed by atoms with Gasteiger partial charge < -0.3 is 9.80 Å². The third kappa shape index (κ3) is 7.58. The van der Waals surface area contributed by atoms with E-state index in [1.807, 2.05) is 36.4 Å². The maximum Gasteiger partial charge on any atom is 0.0991 e. The van der Waals surface area contributed by atoms with Crippen LogP contribution in [0.2, 0.25) is 0 Å². The standard InChI is InChI=1S/C67H44N4/c68-45-51-31-39-61-59-37-29-49(23-21-47-25-33-57(34-26-47)70(53-13-5-1-6-14-53)54-15-7-2-8-16-54)41-63(59)67(65(61)43-51)64-42-50(30-38-60(64)62-40-32-52(46-69)44-66(62)67)24-22-48-27-35-58(36-28-48)71(55-17-9-3-10-18-55)56-19-11-4-12-20-56/h1-44H/b23-21-,24-22+. The molecule has 71 heavy (non-hydrogen) atoms. The number of benzene rings is 10. The van der Waals surface area contributed by atoms with E-state index in [0.717, 1.165) is 101 Å². The van der Waals surface area contributed by atoms with Crippen LogP contribution >= 0.6 is 0 Å². The van der Waals surface area contributed by atoms with Gasteiger partial charge in [0.25, 0.3) is 0 Å². The third-order valence-electron chi connectivity index (χ3n) is 13.9. The lowest BCUT2D eigenvalue weighted by Gasteiger charge is -2.31. The highest BCUT2D eigenvalue weighted by molar-refractivity contribution is 5.97. The van der Waals surface area contributed by atoms with Crippen LogP contribution < -0.4 is 9.80 Å². The molecule has 1 spiro atoms. The van der Waals surface area contributed by atoms with Crippen LogP contribution in [0, 0.1) is 22.7 Å². The molecule has 12 rings (SSSR count). The molecule has 0 amide bonds. The summed E-state index contributed by atoms with van der Waals surface area (Å²) in [6.45, 7) is 0. The molecule has 10 aromatic carbocycles. The average molecular weight is 905 g/mol. The molecule has 0 fully saturated rings. The summed E-state index contributed by atoms with van der Waals surface area (Å²) in [5.74, 6) is 0. The monoisotopic (exact) mass is 904 g/mol. The second-order valence-electron chi connectivity index (χ2n) is 18.0. The second-order valence-corrected chi connectivity index (χ2v) is 18.0. The molecule has 0 aliphatic heterocycles. The van der Waals surface area contributed by atoms with E-state index < -0.39 is 5.41 Å². The predicted octanol–water partition coefficient (Wildman–Crippen LogP) is 17.1. The Morgan fingerprint density at radius 3 is 0.873 bits per heavy atom. The van der Waals surface area contributed by atoms with Crippen molar-refractivity contribution in [3.63, 3.8) is 0 Å². The van der Waals surface area contributed by atoms with Crippen LogP contribution in [-0.4, -0.2) is 0 Å². The van der Waals surface area contributed by atoms with Gasteiger partial charge in [-0.15, -0.1) is 0 Å². The first-order valence-corrected chi connectivity index (χ1v) is 23.8. The molecular weight excluding hydrogens is 861 g/mol. The maximum atomic E-state index is 10.3. The number of fused-ring (bicyclic) bond motifs is 10. The van der Waals surface area contributed by atoms with Gasteiger partial charge in [0.15, 0.2) is 0 Å². The average Bonchev–Trinajstić information content (AvgIpc) is 3.89. The lowest BCUT2D eigenvalue weighted by molar-refractivity contribution is 0.792. The van der Waals surface area contributed by atoms with Crippen LogP contribution in [0.15, 0.2) is 243 Å². The first-order valence-electron chi connectivity index (χ1n) is 23.8. The summed E-state index contributed by atoms with van der Waals surface area (Å²) < 4.78 is 0. The number of nitriles is 2. The zero-order chi connectivity index (χ0) is 47.7. The first-order chi connectivity index (χ1) is 35.1. The molecule has 0 N–H and O–H groups in total. The second kappa shape index (κ2) is 18.1. The van der Waals surface area contributed by atoms with Crippen LogP contribution in [0.25, 0.3) is 46.6 Å². The smallest absolute Gasteiger partial charge is 0.0991 e. The largest absolute Gasteiger partial charge is 0.311 e. The summed E-state index contributed by atoms with van der Waals surface area (Å²) in [4.78, 5) is 4.53. The summed E-state index contributed by atoms with van der Waals surface area (Å²) in [7, 11) is 0. The van der Waals surface area contributed by atoms with Gasteiger partial charge in [0.05, 0.1) is 28.7 Å². The molecule has 4 heteroatoms. The third-order valence-corrected chi connectivity index (χ3v) is 13.9. The molecule has 10 aromatic rings. The van der Waals surface area contributed by atoms with Crippen molar-refractivity contribution in [2.45, 2.75) is 5.41 Å².